The summed E-state index contributed by atoms with van der Waals surface area (Å²) in [7, 11) is 3.06. The fourth-order valence-corrected chi connectivity index (χ4v) is 4.92. The molecule has 2 aromatic carbocycles. The molecule has 2 aromatic rings. The Labute approximate surface area is 215 Å². The van der Waals surface area contributed by atoms with Gasteiger partial charge in [0.2, 0.25) is 0 Å². The number of carbonyl (C=O) groups excluding carboxylic acids is 1. The van der Waals surface area contributed by atoms with Crippen LogP contribution >= 0.6 is 12.2 Å². The largest absolute Gasteiger partial charge is 0.493 e. The van der Waals surface area contributed by atoms with E-state index in [1.165, 1.54) is 14.2 Å². The van der Waals surface area contributed by atoms with Gasteiger partial charge in [-0.15, -0.1) is 0 Å². The van der Waals surface area contributed by atoms with Crippen LogP contribution in [0.2, 0.25) is 0 Å². The normalized spacial score (nSPS) is 15.9. The summed E-state index contributed by atoms with van der Waals surface area (Å²) in [5, 5.41) is 14.8. The summed E-state index contributed by atoms with van der Waals surface area (Å²) in [6.07, 6.45) is 3.26. The van der Waals surface area contributed by atoms with E-state index in [0.29, 0.717) is 54.0 Å². The van der Waals surface area contributed by atoms with Crippen LogP contribution in [-0.2, 0) is 0 Å². The minimum absolute atomic E-state index is 0.151. The zero-order chi connectivity index (χ0) is 25.7. The molecule has 0 spiro atoms. The molecule has 2 fully saturated rings. The fraction of sp³-hybridized carbons (Fsp3) is 0.440. The molecule has 0 bridgehead atoms. The number of nitrogens with one attached hydrogen (secondary N) is 1. The summed E-state index contributed by atoms with van der Waals surface area (Å²) in [5.41, 5.74) is 2.22. The number of anilines is 2. The first kappa shape index (κ1) is 25.5. The SMILES string of the molecule is COc1ccc(C(=O)NC(=S)N2CCN(c3ccc([N+](=O)[O-])c(N4CCCCC4)c3)CC2)cc1OC. The van der Waals surface area contributed by atoms with Crippen LogP contribution in [0, 0.1) is 10.1 Å². The first-order chi connectivity index (χ1) is 17.4. The summed E-state index contributed by atoms with van der Waals surface area (Å²) in [4.78, 5) is 30.3. The number of methoxy groups -OCH3 is 2. The first-order valence-electron chi connectivity index (χ1n) is 12.0. The lowest BCUT2D eigenvalue weighted by atomic mass is 10.1. The quantitative estimate of drug-likeness (QED) is 0.354. The van der Waals surface area contributed by atoms with Crippen LogP contribution in [0.15, 0.2) is 36.4 Å². The number of ether oxygens (including phenoxy) is 2. The van der Waals surface area contributed by atoms with E-state index in [1.54, 1.807) is 24.3 Å². The molecule has 2 aliphatic rings. The zero-order valence-electron chi connectivity index (χ0n) is 20.6. The maximum absolute atomic E-state index is 12.7. The second kappa shape index (κ2) is 11.4. The lowest BCUT2D eigenvalue weighted by Crippen LogP contribution is -2.52. The van der Waals surface area contributed by atoms with Crippen molar-refractivity contribution in [3.63, 3.8) is 0 Å². The topological polar surface area (TPSA) is 100 Å². The molecule has 0 aliphatic carbocycles. The van der Waals surface area contributed by atoms with E-state index in [0.717, 1.165) is 38.0 Å². The summed E-state index contributed by atoms with van der Waals surface area (Å²) in [6.45, 7) is 4.30. The molecule has 4 rings (SSSR count). The van der Waals surface area contributed by atoms with Crippen LogP contribution in [0.4, 0.5) is 17.1 Å². The van der Waals surface area contributed by atoms with Crippen molar-refractivity contribution in [1.29, 1.82) is 0 Å². The molecule has 0 aromatic heterocycles. The van der Waals surface area contributed by atoms with Crippen LogP contribution in [0.5, 0.6) is 11.5 Å². The van der Waals surface area contributed by atoms with Gasteiger partial charge in [0.05, 0.1) is 19.1 Å². The summed E-state index contributed by atoms with van der Waals surface area (Å²) >= 11 is 5.51. The minimum Gasteiger partial charge on any atom is -0.493 e. The third kappa shape index (κ3) is 5.62. The Kier molecular flexibility index (Phi) is 8.09. The van der Waals surface area contributed by atoms with Gasteiger partial charge in [0.1, 0.15) is 5.69 Å². The smallest absolute Gasteiger partial charge is 0.292 e. The molecule has 2 aliphatic heterocycles. The highest BCUT2D eigenvalue weighted by atomic mass is 32.1. The number of nitro benzene ring substituents is 1. The van der Waals surface area contributed by atoms with Gasteiger partial charge >= 0.3 is 0 Å². The molecule has 11 heteroatoms. The highest BCUT2D eigenvalue weighted by molar-refractivity contribution is 7.80. The summed E-state index contributed by atoms with van der Waals surface area (Å²) < 4.78 is 10.5. The average Bonchev–Trinajstić information content (AvgIpc) is 2.92. The molecular weight excluding hydrogens is 482 g/mol. The second-order valence-corrected chi connectivity index (χ2v) is 9.17. The minimum atomic E-state index is -0.315. The molecule has 1 amide bonds. The predicted octanol–water partition coefficient (Wildman–Crippen LogP) is 3.44. The van der Waals surface area contributed by atoms with Gasteiger partial charge in [-0.3, -0.25) is 20.2 Å². The van der Waals surface area contributed by atoms with Crippen molar-refractivity contribution in [2.24, 2.45) is 0 Å². The number of nitrogens with zero attached hydrogens (tertiary/aromatic N) is 4. The lowest BCUT2D eigenvalue weighted by molar-refractivity contribution is -0.384. The number of piperazine rings is 1. The Hall–Kier alpha value is -3.60. The van der Waals surface area contributed by atoms with Crippen molar-refractivity contribution >= 4 is 40.3 Å². The molecule has 0 saturated carbocycles. The fourth-order valence-electron chi connectivity index (χ4n) is 4.64. The Morgan fingerprint density at radius 2 is 1.61 bits per heavy atom. The number of thiocarbonyl (C=S) groups is 1. The van der Waals surface area contributed by atoms with Crippen molar-refractivity contribution in [3.05, 3.63) is 52.1 Å². The lowest BCUT2D eigenvalue weighted by Gasteiger charge is -2.37. The van der Waals surface area contributed by atoms with Gasteiger partial charge in [-0.25, -0.2) is 0 Å². The monoisotopic (exact) mass is 513 g/mol. The number of benzene rings is 2. The van der Waals surface area contributed by atoms with Crippen LogP contribution in [0.25, 0.3) is 0 Å². The molecule has 0 unspecified atom stereocenters. The molecule has 0 radical (unpaired) electrons. The van der Waals surface area contributed by atoms with E-state index in [9.17, 15) is 14.9 Å². The first-order valence-corrected chi connectivity index (χ1v) is 12.4. The van der Waals surface area contributed by atoms with Crippen LogP contribution in [-0.4, -0.2) is 74.3 Å². The molecule has 2 saturated heterocycles. The van der Waals surface area contributed by atoms with Crippen LogP contribution in [0.1, 0.15) is 29.6 Å². The van der Waals surface area contributed by atoms with Gasteiger partial charge in [-0.2, -0.15) is 0 Å². The number of amides is 1. The number of hydrogen-bond donors (Lipinski definition) is 1. The van der Waals surface area contributed by atoms with Gasteiger partial charge in [-0.1, -0.05) is 0 Å². The average molecular weight is 514 g/mol. The standard InChI is InChI=1S/C25H31N5O5S/c1-34-22-9-6-18(16-23(22)35-2)24(31)26-25(36)29-14-12-27(13-15-29)19-7-8-20(30(32)33)21(17-19)28-10-4-3-5-11-28/h6-9,16-17H,3-5,10-15H2,1-2H3,(H,26,31,36). The highest BCUT2D eigenvalue weighted by Crippen LogP contribution is 2.34. The third-order valence-electron chi connectivity index (χ3n) is 6.65. The van der Waals surface area contributed by atoms with E-state index in [1.807, 2.05) is 17.0 Å². The van der Waals surface area contributed by atoms with Gasteiger partial charge in [0, 0.05) is 56.6 Å². The van der Waals surface area contributed by atoms with Crippen molar-refractivity contribution < 1.29 is 19.2 Å². The molecule has 0 atom stereocenters. The van der Waals surface area contributed by atoms with E-state index in [4.69, 9.17) is 21.7 Å². The Balaban J connectivity index is 1.38. The molecule has 192 valence electrons. The predicted molar refractivity (Wildman–Crippen MR) is 143 cm³/mol. The molecule has 10 nitrogen and oxygen atoms in total. The summed E-state index contributed by atoms with van der Waals surface area (Å²) in [6, 6.07) is 10.3. The van der Waals surface area contributed by atoms with E-state index in [2.05, 4.69) is 15.1 Å². The number of rotatable bonds is 6. The van der Waals surface area contributed by atoms with Gasteiger partial charge in [0.15, 0.2) is 16.6 Å². The third-order valence-corrected chi connectivity index (χ3v) is 7.01. The molecule has 2 heterocycles. The Morgan fingerprint density at radius 1 is 0.917 bits per heavy atom. The molecular formula is C25H31N5O5S. The molecule has 36 heavy (non-hydrogen) atoms. The second-order valence-electron chi connectivity index (χ2n) is 8.78. The molecule has 1 N–H and O–H groups in total. The number of piperidine rings is 1. The van der Waals surface area contributed by atoms with E-state index >= 15 is 0 Å². The maximum atomic E-state index is 12.7. The highest BCUT2D eigenvalue weighted by Gasteiger charge is 2.25. The Morgan fingerprint density at radius 3 is 2.25 bits per heavy atom. The summed E-state index contributed by atoms with van der Waals surface area (Å²) in [5.74, 6) is 0.698. The Bertz CT molecular complexity index is 1130. The van der Waals surface area contributed by atoms with E-state index < -0.39 is 0 Å². The number of carbonyl (C=O) groups is 1. The van der Waals surface area contributed by atoms with Crippen LogP contribution in [0.3, 0.4) is 0 Å². The zero-order valence-corrected chi connectivity index (χ0v) is 21.4. The number of hydrogen-bond acceptors (Lipinski definition) is 8. The van der Waals surface area contributed by atoms with Crippen molar-refractivity contribution in [2.75, 3.05) is 63.3 Å². The van der Waals surface area contributed by atoms with Crippen molar-refractivity contribution in [2.45, 2.75) is 19.3 Å². The number of nitro groups is 1. The maximum Gasteiger partial charge on any atom is 0.292 e. The van der Waals surface area contributed by atoms with Crippen molar-refractivity contribution in [3.8, 4) is 11.5 Å². The van der Waals surface area contributed by atoms with Gasteiger partial charge < -0.3 is 24.2 Å². The van der Waals surface area contributed by atoms with Gasteiger partial charge in [-0.05, 0) is 61.8 Å². The van der Waals surface area contributed by atoms with Crippen LogP contribution < -0.4 is 24.6 Å². The van der Waals surface area contributed by atoms with Crippen molar-refractivity contribution in [1.82, 2.24) is 10.2 Å². The van der Waals surface area contributed by atoms with Gasteiger partial charge in [0.25, 0.3) is 11.6 Å². The van der Waals surface area contributed by atoms with E-state index in [-0.39, 0.29) is 16.5 Å².